The summed E-state index contributed by atoms with van der Waals surface area (Å²) in [5.41, 5.74) is 0. The van der Waals surface area contributed by atoms with Gasteiger partial charge in [-0.2, -0.15) is 0 Å². The number of aromatic nitrogens is 1. The molecule has 0 radical (unpaired) electrons. The average Bonchev–Trinajstić information content (AvgIpc) is 3.15. The number of rotatable bonds is 10. The predicted octanol–water partition coefficient (Wildman–Crippen LogP) is 2.53. The molecule has 2 rings (SSSR count). The highest BCUT2D eigenvalue weighted by Crippen LogP contribution is 2.28. The second-order valence-electron chi connectivity index (χ2n) is 6.67. The molecule has 1 aliphatic rings. The van der Waals surface area contributed by atoms with E-state index in [9.17, 15) is 4.79 Å². The van der Waals surface area contributed by atoms with Crippen molar-refractivity contribution in [2.75, 3.05) is 40.1 Å². The Balaban J connectivity index is 1.61. The van der Waals surface area contributed by atoms with Crippen molar-refractivity contribution in [1.29, 1.82) is 0 Å². The van der Waals surface area contributed by atoms with Crippen LogP contribution >= 0.6 is 0 Å². The summed E-state index contributed by atoms with van der Waals surface area (Å²) >= 11 is 0. The first-order valence-corrected chi connectivity index (χ1v) is 9.55. The summed E-state index contributed by atoms with van der Waals surface area (Å²) in [4.78, 5) is 11.9. The lowest BCUT2D eigenvalue weighted by Crippen LogP contribution is -2.23. The number of hydrogen-bond donors (Lipinski definition) is 0. The molecule has 0 amide bonds. The summed E-state index contributed by atoms with van der Waals surface area (Å²) in [5, 5.41) is 3.81. The molecule has 8 nitrogen and oxygen atoms in total. The molecule has 156 valence electrons. The molecular weight excluding hydrogens is 366 g/mol. The number of ether oxygens (including phenoxy) is 5. The van der Waals surface area contributed by atoms with Crippen LogP contribution in [0, 0.1) is 17.8 Å². The molecule has 8 heteroatoms. The molecule has 1 aromatic heterocycles. The van der Waals surface area contributed by atoms with Gasteiger partial charge in [0.05, 0.1) is 20.3 Å². The van der Waals surface area contributed by atoms with Crippen LogP contribution in [-0.2, 0) is 23.7 Å². The van der Waals surface area contributed by atoms with E-state index >= 15 is 0 Å². The van der Waals surface area contributed by atoms with Crippen LogP contribution in [0.2, 0.25) is 0 Å². The van der Waals surface area contributed by atoms with Crippen molar-refractivity contribution >= 4 is 5.97 Å². The summed E-state index contributed by atoms with van der Waals surface area (Å²) in [7, 11) is 1.35. The van der Waals surface area contributed by atoms with Gasteiger partial charge in [-0.1, -0.05) is 25.7 Å². The molecule has 1 aliphatic heterocycles. The summed E-state index contributed by atoms with van der Waals surface area (Å²) in [6, 6.07) is 1.59. The molecule has 2 heterocycles. The lowest BCUT2D eigenvalue weighted by atomic mass is 9.93. The summed E-state index contributed by atoms with van der Waals surface area (Å²) in [5.74, 6) is 5.50. The van der Waals surface area contributed by atoms with Crippen LogP contribution in [0.15, 0.2) is 10.6 Å². The van der Waals surface area contributed by atoms with Gasteiger partial charge in [0.25, 0.3) is 5.88 Å². The lowest BCUT2D eigenvalue weighted by Gasteiger charge is -2.22. The first-order chi connectivity index (χ1) is 13.6. The zero-order valence-electron chi connectivity index (χ0n) is 16.8. The average molecular weight is 395 g/mol. The zero-order valence-corrected chi connectivity index (χ0v) is 16.8. The molecule has 1 aromatic rings. The SMILES string of the molecule is COC(=O)C(c1cc(OCC#CCOCCOC2CCCCO2)no1)C(C)C. The molecule has 0 aromatic carbocycles. The number of esters is 1. The first-order valence-electron chi connectivity index (χ1n) is 9.55. The van der Waals surface area contributed by atoms with Crippen molar-refractivity contribution in [3.05, 3.63) is 11.8 Å². The van der Waals surface area contributed by atoms with E-state index in [-0.39, 0.29) is 30.7 Å². The van der Waals surface area contributed by atoms with E-state index < -0.39 is 5.92 Å². The van der Waals surface area contributed by atoms with Gasteiger partial charge in [0.15, 0.2) is 18.7 Å². The first kappa shape index (κ1) is 22.2. The molecule has 28 heavy (non-hydrogen) atoms. The molecule has 2 unspecified atom stereocenters. The maximum atomic E-state index is 11.9. The van der Waals surface area contributed by atoms with E-state index in [1.165, 1.54) is 7.11 Å². The minimum atomic E-state index is -0.518. The summed E-state index contributed by atoms with van der Waals surface area (Å²) < 4.78 is 31.8. The molecule has 0 aliphatic carbocycles. The Morgan fingerprint density at radius 1 is 1.29 bits per heavy atom. The highest BCUT2D eigenvalue weighted by atomic mass is 16.7. The largest absolute Gasteiger partial charge is 0.468 e. The van der Waals surface area contributed by atoms with E-state index in [2.05, 4.69) is 17.0 Å². The van der Waals surface area contributed by atoms with Crippen molar-refractivity contribution in [2.45, 2.75) is 45.3 Å². The second kappa shape index (κ2) is 12.4. The van der Waals surface area contributed by atoms with Gasteiger partial charge in [-0.3, -0.25) is 4.79 Å². The Morgan fingerprint density at radius 2 is 2.11 bits per heavy atom. The Bertz CT molecular complexity index is 640. The van der Waals surface area contributed by atoms with Gasteiger partial charge in [-0.15, -0.1) is 0 Å². The molecular formula is C20H29NO7. The fraction of sp³-hybridized carbons (Fsp3) is 0.700. The molecule has 0 spiro atoms. The van der Waals surface area contributed by atoms with Crippen molar-refractivity contribution < 1.29 is 33.0 Å². The van der Waals surface area contributed by atoms with Crippen LogP contribution in [0.4, 0.5) is 0 Å². The highest BCUT2D eigenvalue weighted by Gasteiger charge is 2.29. The minimum absolute atomic E-state index is 0.0128. The summed E-state index contributed by atoms with van der Waals surface area (Å²) in [6.45, 7) is 5.97. The summed E-state index contributed by atoms with van der Waals surface area (Å²) in [6.07, 6.45) is 3.09. The Hall–Kier alpha value is -2.08. The Labute approximate surface area is 165 Å². The van der Waals surface area contributed by atoms with Gasteiger partial charge in [0.1, 0.15) is 12.5 Å². The van der Waals surface area contributed by atoms with Crippen molar-refractivity contribution in [3.8, 4) is 17.7 Å². The number of carbonyl (C=O) groups is 1. The molecule has 1 saturated heterocycles. The van der Waals surface area contributed by atoms with E-state index in [4.69, 9.17) is 28.2 Å². The minimum Gasteiger partial charge on any atom is -0.468 e. The molecule has 0 N–H and O–H groups in total. The smallest absolute Gasteiger partial charge is 0.316 e. The van der Waals surface area contributed by atoms with E-state index in [1.807, 2.05) is 13.8 Å². The fourth-order valence-electron chi connectivity index (χ4n) is 2.75. The maximum absolute atomic E-state index is 11.9. The quantitative estimate of drug-likeness (QED) is 0.339. The molecule has 1 fully saturated rings. The van der Waals surface area contributed by atoms with Gasteiger partial charge in [-0.05, 0) is 30.3 Å². The zero-order chi connectivity index (χ0) is 20.2. The number of nitrogens with zero attached hydrogens (tertiary/aromatic N) is 1. The standard InChI is InChI=1S/C20H29NO7/c1-15(2)19(20(22)23-3)16-14-17(21-28-16)25-10-7-6-9-24-12-13-27-18-8-4-5-11-26-18/h14-15,18-19H,4-5,8-13H2,1-3H3. The third-order valence-corrected chi connectivity index (χ3v) is 4.20. The Kier molecular flexibility index (Phi) is 9.83. The van der Waals surface area contributed by atoms with Crippen molar-refractivity contribution in [2.24, 2.45) is 5.92 Å². The van der Waals surface area contributed by atoms with Crippen molar-refractivity contribution in [3.63, 3.8) is 0 Å². The van der Waals surface area contributed by atoms with Gasteiger partial charge in [-0.25, -0.2) is 0 Å². The van der Waals surface area contributed by atoms with E-state index in [1.54, 1.807) is 6.07 Å². The lowest BCUT2D eigenvalue weighted by molar-refractivity contribution is -0.168. The van der Waals surface area contributed by atoms with Crippen LogP contribution in [0.5, 0.6) is 5.88 Å². The van der Waals surface area contributed by atoms with Gasteiger partial charge < -0.3 is 28.2 Å². The monoisotopic (exact) mass is 395 g/mol. The van der Waals surface area contributed by atoms with Crippen molar-refractivity contribution in [1.82, 2.24) is 5.16 Å². The third-order valence-electron chi connectivity index (χ3n) is 4.20. The van der Waals surface area contributed by atoms with Crippen LogP contribution in [0.25, 0.3) is 0 Å². The van der Waals surface area contributed by atoms with E-state index in [0.29, 0.717) is 25.6 Å². The van der Waals surface area contributed by atoms with Crippen LogP contribution < -0.4 is 4.74 Å². The Morgan fingerprint density at radius 3 is 2.82 bits per heavy atom. The number of hydrogen-bond acceptors (Lipinski definition) is 8. The van der Waals surface area contributed by atoms with Crippen LogP contribution in [0.3, 0.4) is 0 Å². The maximum Gasteiger partial charge on any atom is 0.316 e. The van der Waals surface area contributed by atoms with Gasteiger partial charge >= 0.3 is 5.97 Å². The van der Waals surface area contributed by atoms with Gasteiger partial charge in [0, 0.05) is 12.7 Å². The van der Waals surface area contributed by atoms with Gasteiger partial charge in [0.2, 0.25) is 0 Å². The molecule has 0 saturated carbocycles. The predicted molar refractivity (Wildman–Crippen MR) is 99.7 cm³/mol. The number of methoxy groups -OCH3 is 1. The molecule has 2 atom stereocenters. The normalized spacial score (nSPS) is 17.6. The third kappa shape index (κ3) is 7.50. The number of carbonyl (C=O) groups excluding carboxylic acids is 1. The highest BCUT2D eigenvalue weighted by molar-refractivity contribution is 5.77. The van der Waals surface area contributed by atoms with Crippen LogP contribution in [-0.4, -0.2) is 57.6 Å². The topological polar surface area (TPSA) is 89.3 Å². The van der Waals surface area contributed by atoms with Crippen LogP contribution in [0.1, 0.15) is 44.8 Å². The second-order valence-corrected chi connectivity index (χ2v) is 6.67. The fourth-order valence-corrected chi connectivity index (χ4v) is 2.75. The molecule has 0 bridgehead atoms. The van der Waals surface area contributed by atoms with E-state index in [0.717, 1.165) is 25.9 Å².